The van der Waals surface area contributed by atoms with Gasteiger partial charge in [0.2, 0.25) is 0 Å². The number of anilines is 1. The number of phenols is 1. The molecular formula is C21H19IN2O6S. The van der Waals surface area contributed by atoms with Gasteiger partial charge in [-0.1, -0.05) is 0 Å². The van der Waals surface area contributed by atoms with Gasteiger partial charge >= 0.3 is 0 Å². The number of amides is 2. The summed E-state index contributed by atoms with van der Waals surface area (Å²) in [6, 6.07) is 8.08. The van der Waals surface area contributed by atoms with Crippen molar-refractivity contribution in [2.45, 2.75) is 6.92 Å². The third-order valence-corrected chi connectivity index (χ3v) is 5.50. The Labute approximate surface area is 197 Å². The molecule has 1 aliphatic rings. The van der Waals surface area contributed by atoms with Crippen LogP contribution in [-0.2, 0) is 9.59 Å². The summed E-state index contributed by atoms with van der Waals surface area (Å²) < 4.78 is 16.5. The zero-order chi connectivity index (χ0) is 22.7. The van der Waals surface area contributed by atoms with Crippen molar-refractivity contribution in [1.82, 2.24) is 5.32 Å². The van der Waals surface area contributed by atoms with Crippen LogP contribution in [0.5, 0.6) is 23.0 Å². The van der Waals surface area contributed by atoms with E-state index in [1.807, 2.05) is 22.6 Å². The average molecular weight is 554 g/mol. The molecule has 1 heterocycles. The fourth-order valence-corrected chi connectivity index (χ4v) is 3.85. The molecule has 2 aromatic rings. The van der Waals surface area contributed by atoms with Gasteiger partial charge in [0.15, 0.2) is 16.6 Å². The number of hydrogen-bond acceptors (Lipinski definition) is 7. The maximum Gasteiger partial charge on any atom is 0.270 e. The Balaban J connectivity index is 2.07. The van der Waals surface area contributed by atoms with Crippen molar-refractivity contribution in [2.24, 2.45) is 0 Å². The Morgan fingerprint density at radius 1 is 1.16 bits per heavy atom. The van der Waals surface area contributed by atoms with E-state index in [-0.39, 0.29) is 22.2 Å². The molecule has 0 saturated carbocycles. The van der Waals surface area contributed by atoms with E-state index in [1.165, 1.54) is 25.2 Å². The molecule has 8 nitrogen and oxygen atoms in total. The maximum atomic E-state index is 13.3. The number of nitrogens with one attached hydrogen (secondary N) is 1. The van der Waals surface area contributed by atoms with Gasteiger partial charge in [-0.3, -0.25) is 14.9 Å². The number of aromatic hydroxyl groups is 1. The first-order chi connectivity index (χ1) is 14.8. The van der Waals surface area contributed by atoms with Crippen molar-refractivity contribution in [3.63, 3.8) is 0 Å². The molecule has 3 rings (SSSR count). The van der Waals surface area contributed by atoms with Crippen LogP contribution < -0.4 is 24.4 Å². The van der Waals surface area contributed by atoms with E-state index in [2.05, 4.69) is 5.32 Å². The molecule has 0 spiro atoms. The van der Waals surface area contributed by atoms with Crippen LogP contribution in [0, 0.1) is 3.57 Å². The summed E-state index contributed by atoms with van der Waals surface area (Å²) in [6.07, 6.45) is 1.42. The summed E-state index contributed by atoms with van der Waals surface area (Å²) in [5, 5.41) is 12.6. The second kappa shape index (κ2) is 9.52. The normalized spacial score (nSPS) is 15.2. The molecule has 0 aliphatic carbocycles. The predicted molar refractivity (Wildman–Crippen MR) is 128 cm³/mol. The quantitative estimate of drug-likeness (QED) is 0.245. The van der Waals surface area contributed by atoms with Gasteiger partial charge in [0.1, 0.15) is 17.1 Å². The Morgan fingerprint density at radius 2 is 1.90 bits per heavy atom. The number of carbonyl (C=O) groups is 2. The molecule has 1 fully saturated rings. The molecule has 2 aromatic carbocycles. The van der Waals surface area contributed by atoms with Crippen LogP contribution in [0.25, 0.3) is 6.08 Å². The van der Waals surface area contributed by atoms with E-state index in [9.17, 15) is 14.7 Å². The van der Waals surface area contributed by atoms with Crippen LogP contribution in [-0.4, -0.2) is 42.9 Å². The topological polar surface area (TPSA) is 97.3 Å². The summed E-state index contributed by atoms with van der Waals surface area (Å²) in [5.41, 5.74) is 0.744. The number of phenolic OH excluding ortho intramolecular Hbond substituents is 1. The van der Waals surface area contributed by atoms with Crippen molar-refractivity contribution in [2.75, 3.05) is 25.7 Å². The molecule has 0 radical (unpaired) electrons. The van der Waals surface area contributed by atoms with Gasteiger partial charge in [0.05, 0.1) is 30.1 Å². The number of benzene rings is 2. The highest BCUT2D eigenvalue weighted by Crippen LogP contribution is 2.36. The lowest BCUT2D eigenvalue weighted by molar-refractivity contribution is -0.122. The van der Waals surface area contributed by atoms with Gasteiger partial charge in [-0.15, -0.1) is 0 Å². The third-order valence-electron chi connectivity index (χ3n) is 4.39. The summed E-state index contributed by atoms with van der Waals surface area (Å²) in [5.74, 6) is -0.0943. The van der Waals surface area contributed by atoms with Crippen molar-refractivity contribution in [1.29, 1.82) is 0 Å². The zero-order valence-corrected chi connectivity index (χ0v) is 19.9. The Kier molecular flexibility index (Phi) is 7.01. The van der Waals surface area contributed by atoms with E-state index in [0.29, 0.717) is 32.9 Å². The Bertz CT molecular complexity index is 1100. The monoisotopic (exact) mass is 554 g/mol. The van der Waals surface area contributed by atoms with E-state index in [0.717, 1.165) is 0 Å². The molecule has 31 heavy (non-hydrogen) atoms. The number of hydrogen-bond donors (Lipinski definition) is 2. The minimum absolute atomic E-state index is 0.00482. The van der Waals surface area contributed by atoms with Gasteiger partial charge in [0, 0.05) is 6.07 Å². The van der Waals surface area contributed by atoms with Crippen LogP contribution in [0.4, 0.5) is 5.69 Å². The average Bonchev–Trinajstić information content (AvgIpc) is 2.74. The molecule has 0 bridgehead atoms. The van der Waals surface area contributed by atoms with Gasteiger partial charge < -0.3 is 19.3 Å². The minimum Gasteiger partial charge on any atom is -0.504 e. The van der Waals surface area contributed by atoms with Crippen molar-refractivity contribution in [3.8, 4) is 23.0 Å². The molecule has 1 aliphatic heterocycles. The molecule has 0 atom stereocenters. The van der Waals surface area contributed by atoms with E-state index >= 15 is 0 Å². The van der Waals surface area contributed by atoms with Crippen molar-refractivity contribution in [3.05, 3.63) is 45.0 Å². The second-order valence-electron chi connectivity index (χ2n) is 6.28. The Morgan fingerprint density at radius 3 is 2.55 bits per heavy atom. The fourth-order valence-electron chi connectivity index (χ4n) is 2.96. The standard InChI is InChI=1S/C21H19IN2O6S/c1-4-30-17-9-11(8-14(22)18(17)25)7-13-19(26)23-21(31)24(20(13)27)15-6-5-12(28-2)10-16(15)29-3/h5-10,25H,4H2,1-3H3,(H,23,26,31)/b13-7+. The summed E-state index contributed by atoms with van der Waals surface area (Å²) in [4.78, 5) is 27.0. The van der Waals surface area contributed by atoms with Crippen LogP contribution >= 0.6 is 34.8 Å². The van der Waals surface area contributed by atoms with E-state index in [1.54, 1.807) is 37.3 Å². The van der Waals surface area contributed by atoms with Crippen molar-refractivity contribution >= 4 is 63.5 Å². The maximum absolute atomic E-state index is 13.3. The summed E-state index contributed by atoms with van der Waals surface area (Å²) in [6.45, 7) is 2.14. The lowest BCUT2D eigenvalue weighted by Crippen LogP contribution is -2.54. The number of thiocarbonyl (C=S) groups is 1. The molecule has 0 aromatic heterocycles. The van der Waals surface area contributed by atoms with Crippen molar-refractivity contribution < 1.29 is 28.9 Å². The fraction of sp³-hybridized carbons (Fsp3) is 0.190. The third kappa shape index (κ3) is 4.59. The van der Waals surface area contributed by atoms with Crippen LogP contribution in [0.15, 0.2) is 35.9 Å². The lowest BCUT2D eigenvalue weighted by atomic mass is 10.1. The highest BCUT2D eigenvalue weighted by Gasteiger charge is 2.36. The van der Waals surface area contributed by atoms with Gasteiger partial charge in [-0.2, -0.15) is 0 Å². The number of rotatable bonds is 6. The van der Waals surface area contributed by atoms with E-state index < -0.39 is 11.8 Å². The first kappa shape index (κ1) is 22.8. The lowest BCUT2D eigenvalue weighted by Gasteiger charge is -2.30. The molecule has 0 unspecified atom stereocenters. The van der Waals surface area contributed by atoms with Crippen LogP contribution in [0.2, 0.25) is 0 Å². The Hall–Kier alpha value is -2.86. The molecule has 10 heteroatoms. The largest absolute Gasteiger partial charge is 0.504 e. The minimum atomic E-state index is -0.625. The number of nitrogens with zero attached hydrogens (tertiary/aromatic N) is 1. The first-order valence-corrected chi connectivity index (χ1v) is 10.6. The zero-order valence-electron chi connectivity index (χ0n) is 16.9. The molecule has 1 saturated heterocycles. The number of halogens is 1. The number of methoxy groups -OCH3 is 2. The summed E-state index contributed by atoms with van der Waals surface area (Å²) >= 11 is 7.20. The molecule has 162 valence electrons. The van der Waals surface area contributed by atoms with E-state index in [4.69, 9.17) is 26.4 Å². The number of ether oxygens (including phenoxy) is 3. The first-order valence-electron chi connectivity index (χ1n) is 9.09. The van der Waals surface area contributed by atoms with Gasteiger partial charge in [-0.25, -0.2) is 4.90 Å². The number of carbonyl (C=O) groups excluding carboxylic acids is 2. The smallest absolute Gasteiger partial charge is 0.270 e. The van der Waals surface area contributed by atoms with Crippen LogP contribution in [0.3, 0.4) is 0 Å². The van der Waals surface area contributed by atoms with Crippen LogP contribution in [0.1, 0.15) is 12.5 Å². The second-order valence-corrected chi connectivity index (χ2v) is 7.83. The molecule has 2 N–H and O–H groups in total. The summed E-state index contributed by atoms with van der Waals surface area (Å²) in [7, 11) is 2.97. The highest BCUT2D eigenvalue weighted by atomic mass is 127. The molecule has 2 amide bonds. The SMILES string of the molecule is CCOc1cc(/C=C2\C(=O)NC(=S)N(c3ccc(OC)cc3OC)C2=O)cc(I)c1O. The molecular weight excluding hydrogens is 535 g/mol. The highest BCUT2D eigenvalue weighted by molar-refractivity contribution is 14.1. The van der Waals surface area contributed by atoms with Gasteiger partial charge in [-0.05, 0) is 77.6 Å². The predicted octanol–water partition coefficient (Wildman–Crippen LogP) is 3.24. The van der Waals surface area contributed by atoms with Gasteiger partial charge in [0.25, 0.3) is 11.8 Å².